The van der Waals surface area contributed by atoms with E-state index in [1.165, 1.54) is 37.0 Å². The van der Waals surface area contributed by atoms with E-state index in [1.807, 2.05) is 52.0 Å². The molecule has 3 aromatic rings. The number of aryl methyl sites for hydroxylation is 1. The van der Waals surface area contributed by atoms with Gasteiger partial charge in [0.25, 0.3) is 0 Å². The standard InChI is InChI=1S/C19H21FINO2.C7H8O3S/c1-19(2,3)24-18(23)22-13-12-14-6-4-5-7-17(14)21-16-10-8-15(20)9-11-16;1-6-2-4-7(5-3-6)11(8,9)10/h4-11H,12-13H2,1-3H3;2-5H,1H3,(H,8,9,10). The molecule has 0 saturated carbocycles. The van der Waals surface area contributed by atoms with Gasteiger partial charge in [0.05, 0.1) is 4.90 Å². The molecule has 0 heterocycles. The Morgan fingerprint density at radius 1 is 1.00 bits per heavy atom. The first-order valence-corrected chi connectivity index (χ1v) is 14.4. The lowest BCUT2D eigenvalue weighted by atomic mass is 10.1. The van der Waals surface area contributed by atoms with Crippen molar-refractivity contribution in [2.75, 3.05) is 6.54 Å². The first-order chi connectivity index (χ1) is 16.3. The molecule has 3 rings (SSSR count). The zero-order valence-electron chi connectivity index (χ0n) is 20.0. The molecular formula is C26H29FINO5S. The van der Waals surface area contributed by atoms with Gasteiger partial charge in [-0.1, -0.05) is 35.9 Å². The van der Waals surface area contributed by atoms with Crippen LogP contribution in [0.4, 0.5) is 9.18 Å². The van der Waals surface area contributed by atoms with Crippen molar-refractivity contribution in [3.8, 4) is 0 Å². The summed E-state index contributed by atoms with van der Waals surface area (Å²) in [4.78, 5) is 11.5. The number of ether oxygens (including phenoxy) is 1. The summed E-state index contributed by atoms with van der Waals surface area (Å²) in [6.07, 6.45) is 0.351. The van der Waals surface area contributed by atoms with Crippen LogP contribution in [0.25, 0.3) is 0 Å². The van der Waals surface area contributed by atoms with Crippen LogP contribution in [0.2, 0.25) is 0 Å². The Morgan fingerprint density at radius 3 is 2.17 bits per heavy atom. The molecule has 0 unspecified atom stereocenters. The Labute approximate surface area is 216 Å². The summed E-state index contributed by atoms with van der Waals surface area (Å²) < 4.78 is 51.9. The Morgan fingerprint density at radius 2 is 1.60 bits per heavy atom. The van der Waals surface area contributed by atoms with Gasteiger partial charge in [-0.3, -0.25) is 0 Å². The molecule has 0 saturated heterocycles. The molecule has 1 N–H and O–H groups in total. The average Bonchev–Trinajstić information content (AvgIpc) is 2.75. The molecule has 6 nitrogen and oxygen atoms in total. The highest BCUT2D eigenvalue weighted by Crippen LogP contribution is 2.08. The first-order valence-electron chi connectivity index (χ1n) is 10.8. The molecule has 0 aromatic heterocycles. The minimum atomic E-state index is -4.27. The number of amides is 1. The third-order valence-electron chi connectivity index (χ3n) is 4.34. The van der Waals surface area contributed by atoms with E-state index in [4.69, 9.17) is 4.74 Å². The Hall–Kier alpha value is -2.50. The zero-order chi connectivity index (χ0) is 26.1. The topological polar surface area (TPSA) is 95.5 Å². The van der Waals surface area contributed by atoms with Crippen molar-refractivity contribution in [2.45, 2.75) is 44.6 Å². The van der Waals surface area contributed by atoms with Crippen LogP contribution >= 0.6 is 0 Å². The van der Waals surface area contributed by atoms with Gasteiger partial charge < -0.3 is 14.6 Å². The fourth-order valence-corrected chi connectivity index (χ4v) is 5.76. The van der Waals surface area contributed by atoms with Crippen molar-refractivity contribution in [3.63, 3.8) is 0 Å². The van der Waals surface area contributed by atoms with E-state index in [0.717, 1.165) is 12.0 Å². The maximum absolute atomic E-state index is 13.0. The Bertz CT molecular complexity index is 1210. The van der Waals surface area contributed by atoms with Crippen LogP contribution in [-0.2, 0) is 21.3 Å². The van der Waals surface area contributed by atoms with Crippen LogP contribution in [-0.4, -0.2) is 31.2 Å². The number of carbonyl (C=O) groups is 1. The van der Waals surface area contributed by atoms with Gasteiger partial charge in [-0.15, -0.1) is 0 Å². The van der Waals surface area contributed by atoms with E-state index in [2.05, 4.69) is 17.4 Å². The van der Waals surface area contributed by atoms with Gasteiger partial charge in [0.2, 0.25) is 0 Å². The number of rotatable bonds is 6. The lowest BCUT2D eigenvalue weighted by Gasteiger charge is -2.19. The third kappa shape index (κ3) is 11.2. The number of hydrogen-bond acceptors (Lipinski definition) is 5. The quantitative estimate of drug-likeness (QED) is 0.339. The van der Waals surface area contributed by atoms with Crippen molar-refractivity contribution >= 4 is 16.2 Å². The molecule has 0 aliphatic heterocycles. The Kier molecular flexibility index (Phi) is 10.7. The molecule has 0 aliphatic rings. The molecule has 0 radical (unpaired) electrons. The molecule has 35 heavy (non-hydrogen) atoms. The molecule has 0 spiro atoms. The maximum Gasteiger partial charge on any atom is 0.407 e. The fraction of sp³-hybridized carbons (Fsp3) is 0.269. The zero-order valence-corrected chi connectivity index (χ0v) is 23.0. The van der Waals surface area contributed by atoms with Crippen molar-refractivity contribution in [1.82, 2.24) is 5.32 Å². The van der Waals surface area contributed by atoms with Gasteiger partial charge in [0.1, 0.15) is 21.5 Å². The van der Waals surface area contributed by atoms with Gasteiger partial charge >= 0.3 is 27.3 Å². The summed E-state index contributed by atoms with van der Waals surface area (Å²) in [5.41, 5.74) is 1.65. The SMILES string of the molecule is CC(C)(C)OC(=O)NCCc1ccccc1[I+]c1ccc(F)cc1.Cc1ccc(S(=O)(=O)[O-])cc1. The van der Waals surface area contributed by atoms with Crippen molar-refractivity contribution in [2.24, 2.45) is 0 Å². The van der Waals surface area contributed by atoms with Crippen molar-refractivity contribution in [1.29, 1.82) is 0 Å². The molecule has 0 aliphatic carbocycles. The Balaban J connectivity index is 0.000000328. The summed E-state index contributed by atoms with van der Waals surface area (Å²) in [6.45, 7) is 7.87. The van der Waals surface area contributed by atoms with Crippen LogP contribution in [0, 0.1) is 19.9 Å². The van der Waals surface area contributed by atoms with Gasteiger partial charge in [-0.2, -0.15) is 0 Å². The largest absolute Gasteiger partial charge is 0.744 e. The summed E-state index contributed by atoms with van der Waals surface area (Å²) in [6, 6.07) is 20.7. The summed E-state index contributed by atoms with van der Waals surface area (Å²) in [7, 11) is -4.27. The van der Waals surface area contributed by atoms with Crippen LogP contribution < -0.4 is 26.5 Å². The smallest absolute Gasteiger partial charge is 0.407 e. The molecule has 188 valence electrons. The first kappa shape index (κ1) is 28.7. The number of alkyl carbamates (subject to hydrolysis) is 1. The predicted molar refractivity (Wildman–Crippen MR) is 127 cm³/mol. The number of nitrogens with one attached hydrogen (secondary N) is 1. The number of carbonyl (C=O) groups excluding carboxylic acids is 1. The lowest BCUT2D eigenvalue weighted by molar-refractivity contribution is -0.598. The molecule has 0 bridgehead atoms. The molecule has 1 amide bonds. The summed E-state index contributed by atoms with van der Waals surface area (Å²) in [5.74, 6) is -0.211. The fourth-order valence-electron chi connectivity index (χ4n) is 2.72. The minimum absolute atomic E-state index is 0.178. The average molecular weight is 613 g/mol. The van der Waals surface area contributed by atoms with Gasteiger partial charge in [-0.25, -0.2) is 17.6 Å². The second kappa shape index (κ2) is 13.0. The lowest BCUT2D eigenvalue weighted by Crippen LogP contribution is -3.61. The van der Waals surface area contributed by atoms with Crippen LogP contribution in [0.5, 0.6) is 0 Å². The van der Waals surface area contributed by atoms with E-state index in [1.54, 1.807) is 12.1 Å². The van der Waals surface area contributed by atoms with E-state index in [0.29, 0.717) is 6.54 Å². The summed E-state index contributed by atoms with van der Waals surface area (Å²) in [5, 5.41) is 2.79. The van der Waals surface area contributed by atoms with Crippen LogP contribution in [0.15, 0.2) is 77.7 Å². The van der Waals surface area contributed by atoms with Gasteiger partial charge in [0, 0.05) is 12.1 Å². The predicted octanol–water partition coefficient (Wildman–Crippen LogP) is 1.92. The molecular weight excluding hydrogens is 584 g/mol. The number of hydrogen-bond donors (Lipinski definition) is 1. The van der Waals surface area contributed by atoms with Gasteiger partial charge in [0.15, 0.2) is 7.14 Å². The minimum Gasteiger partial charge on any atom is -0.744 e. The normalized spacial score (nSPS) is 11.3. The van der Waals surface area contributed by atoms with Crippen LogP contribution in [0.3, 0.4) is 0 Å². The van der Waals surface area contributed by atoms with E-state index >= 15 is 0 Å². The summed E-state index contributed by atoms with van der Waals surface area (Å²) >= 11 is -0.373. The molecule has 9 heteroatoms. The molecule has 0 atom stereocenters. The molecule has 3 aromatic carbocycles. The second-order valence-electron chi connectivity index (χ2n) is 8.57. The van der Waals surface area contributed by atoms with E-state index in [-0.39, 0.29) is 31.9 Å². The number of halogens is 2. The highest BCUT2D eigenvalue weighted by atomic mass is 127. The third-order valence-corrected chi connectivity index (χ3v) is 8.17. The van der Waals surface area contributed by atoms with Gasteiger partial charge in [-0.05, 0) is 76.6 Å². The van der Waals surface area contributed by atoms with E-state index < -0.39 is 21.8 Å². The highest BCUT2D eigenvalue weighted by molar-refractivity contribution is 7.85. The monoisotopic (exact) mass is 613 g/mol. The second-order valence-corrected chi connectivity index (χ2v) is 12.9. The van der Waals surface area contributed by atoms with Crippen molar-refractivity contribution in [3.05, 3.63) is 96.9 Å². The van der Waals surface area contributed by atoms with Crippen molar-refractivity contribution < 1.29 is 48.1 Å². The highest BCUT2D eigenvalue weighted by Gasteiger charge is 2.20. The van der Waals surface area contributed by atoms with E-state index in [9.17, 15) is 22.2 Å². The van der Waals surface area contributed by atoms with Crippen LogP contribution in [0.1, 0.15) is 31.9 Å². The molecule has 0 fully saturated rings. The number of benzene rings is 3. The maximum atomic E-state index is 13.0.